The number of hydrogen-bond donors (Lipinski definition) is 0. The lowest BCUT2D eigenvalue weighted by Gasteiger charge is -2.28. The van der Waals surface area contributed by atoms with Gasteiger partial charge in [0.15, 0.2) is 9.84 Å². The maximum atomic E-state index is 13.1. The van der Waals surface area contributed by atoms with Crippen LogP contribution in [0.1, 0.15) is 18.1 Å². The molecular formula is C21H23NO4S. The minimum absolute atomic E-state index is 0.0975. The van der Waals surface area contributed by atoms with E-state index in [0.717, 1.165) is 11.1 Å². The Morgan fingerprint density at radius 1 is 1.19 bits per heavy atom. The second-order valence-corrected chi connectivity index (χ2v) is 8.51. The first-order valence-electron chi connectivity index (χ1n) is 8.89. The SMILES string of the molecule is CCOc1ccc(N(C(=O)Cc2cccc(C)c2)C2C=CS(=O)(=O)C2)cc1. The zero-order valence-corrected chi connectivity index (χ0v) is 16.3. The van der Waals surface area contributed by atoms with Crippen LogP contribution in [-0.4, -0.2) is 32.7 Å². The summed E-state index contributed by atoms with van der Waals surface area (Å²) in [7, 11) is -3.28. The number of anilines is 1. The lowest BCUT2D eigenvalue weighted by molar-refractivity contribution is -0.118. The number of aryl methyl sites for hydroxylation is 1. The summed E-state index contributed by atoms with van der Waals surface area (Å²) in [5, 5.41) is 1.19. The van der Waals surface area contributed by atoms with Crippen LogP contribution in [0.5, 0.6) is 5.75 Å². The first-order chi connectivity index (χ1) is 12.9. The Morgan fingerprint density at radius 3 is 2.52 bits per heavy atom. The quantitative estimate of drug-likeness (QED) is 0.766. The summed E-state index contributed by atoms with van der Waals surface area (Å²) in [4.78, 5) is 14.7. The van der Waals surface area contributed by atoms with Gasteiger partial charge in [-0.3, -0.25) is 4.79 Å². The number of sulfone groups is 1. The Hall–Kier alpha value is -2.60. The molecule has 5 nitrogen and oxygen atoms in total. The van der Waals surface area contributed by atoms with Crippen molar-refractivity contribution in [2.75, 3.05) is 17.3 Å². The van der Waals surface area contributed by atoms with Crippen LogP contribution in [0.3, 0.4) is 0 Å². The van der Waals surface area contributed by atoms with Crippen LogP contribution in [0.25, 0.3) is 0 Å². The molecule has 0 saturated carbocycles. The molecule has 1 aliphatic rings. The summed E-state index contributed by atoms with van der Waals surface area (Å²) in [6, 6.07) is 14.4. The van der Waals surface area contributed by atoms with E-state index in [4.69, 9.17) is 4.74 Å². The zero-order valence-electron chi connectivity index (χ0n) is 15.5. The van der Waals surface area contributed by atoms with Crippen LogP contribution in [-0.2, 0) is 21.1 Å². The minimum atomic E-state index is -3.28. The fraction of sp³-hybridized carbons (Fsp3) is 0.286. The van der Waals surface area contributed by atoms with E-state index < -0.39 is 15.9 Å². The molecule has 27 heavy (non-hydrogen) atoms. The largest absolute Gasteiger partial charge is 0.494 e. The van der Waals surface area contributed by atoms with Gasteiger partial charge in [-0.05, 0) is 49.8 Å². The molecular weight excluding hydrogens is 362 g/mol. The average molecular weight is 385 g/mol. The van der Waals surface area contributed by atoms with Crippen LogP contribution >= 0.6 is 0 Å². The molecule has 1 amide bonds. The van der Waals surface area contributed by atoms with Crippen molar-refractivity contribution in [1.82, 2.24) is 0 Å². The highest BCUT2D eigenvalue weighted by atomic mass is 32.2. The van der Waals surface area contributed by atoms with Gasteiger partial charge in [0.2, 0.25) is 5.91 Å². The summed E-state index contributed by atoms with van der Waals surface area (Å²) in [6.07, 6.45) is 1.79. The van der Waals surface area contributed by atoms with Gasteiger partial charge in [-0.15, -0.1) is 0 Å². The van der Waals surface area contributed by atoms with Crippen molar-refractivity contribution in [2.24, 2.45) is 0 Å². The van der Waals surface area contributed by atoms with Crippen LogP contribution in [0, 0.1) is 6.92 Å². The molecule has 0 saturated heterocycles. The third kappa shape index (κ3) is 4.77. The molecule has 2 aromatic rings. The highest BCUT2D eigenvalue weighted by Gasteiger charge is 2.31. The van der Waals surface area contributed by atoms with Gasteiger partial charge in [-0.1, -0.05) is 29.8 Å². The van der Waals surface area contributed by atoms with Crippen molar-refractivity contribution < 1.29 is 17.9 Å². The number of benzene rings is 2. The summed E-state index contributed by atoms with van der Waals surface area (Å²) in [5.74, 6) is 0.471. The van der Waals surface area contributed by atoms with E-state index in [1.807, 2.05) is 38.1 Å². The smallest absolute Gasteiger partial charge is 0.231 e. The Balaban J connectivity index is 1.89. The van der Waals surface area contributed by atoms with Crippen LogP contribution in [0.15, 0.2) is 60.0 Å². The number of rotatable bonds is 6. The molecule has 0 fully saturated rings. The number of ether oxygens (including phenoxy) is 1. The number of hydrogen-bond acceptors (Lipinski definition) is 4. The van der Waals surface area contributed by atoms with Crippen molar-refractivity contribution in [1.29, 1.82) is 0 Å². The molecule has 6 heteroatoms. The highest BCUT2D eigenvalue weighted by Crippen LogP contribution is 2.26. The van der Waals surface area contributed by atoms with Crippen molar-refractivity contribution in [3.8, 4) is 5.75 Å². The Bertz CT molecular complexity index is 948. The molecule has 1 heterocycles. The number of amides is 1. The summed E-state index contributed by atoms with van der Waals surface area (Å²) < 4.78 is 29.2. The Morgan fingerprint density at radius 2 is 1.93 bits per heavy atom. The Labute approximate surface area is 160 Å². The van der Waals surface area contributed by atoms with Gasteiger partial charge in [-0.25, -0.2) is 8.42 Å². The lowest BCUT2D eigenvalue weighted by Crippen LogP contribution is -2.42. The standard InChI is InChI=1S/C21H23NO4S/c1-3-26-20-9-7-18(8-10-20)22(19-11-12-27(24,25)15-19)21(23)14-17-6-4-5-16(2)13-17/h4-13,19H,3,14-15H2,1-2H3. The van der Waals surface area contributed by atoms with Crippen LogP contribution in [0.4, 0.5) is 5.69 Å². The average Bonchev–Trinajstić information content (AvgIpc) is 2.96. The molecule has 0 bridgehead atoms. The number of nitrogens with zero attached hydrogens (tertiary/aromatic N) is 1. The summed E-state index contributed by atoms with van der Waals surface area (Å²) in [5.41, 5.74) is 2.64. The van der Waals surface area contributed by atoms with Gasteiger partial charge < -0.3 is 9.64 Å². The first kappa shape index (κ1) is 19.2. The third-order valence-electron chi connectivity index (χ3n) is 4.38. The van der Waals surface area contributed by atoms with Crippen molar-refractivity contribution in [3.63, 3.8) is 0 Å². The molecule has 0 N–H and O–H groups in total. The van der Waals surface area contributed by atoms with Crippen LogP contribution < -0.4 is 9.64 Å². The summed E-state index contributed by atoms with van der Waals surface area (Å²) >= 11 is 0. The first-order valence-corrected chi connectivity index (χ1v) is 10.6. The predicted molar refractivity (Wildman–Crippen MR) is 107 cm³/mol. The molecule has 2 aromatic carbocycles. The van der Waals surface area contributed by atoms with Crippen molar-refractivity contribution >= 4 is 21.4 Å². The highest BCUT2D eigenvalue weighted by molar-refractivity contribution is 7.94. The maximum absolute atomic E-state index is 13.1. The fourth-order valence-electron chi connectivity index (χ4n) is 3.19. The molecule has 0 aliphatic carbocycles. The minimum Gasteiger partial charge on any atom is -0.494 e. The Kier molecular flexibility index (Phi) is 5.65. The zero-order chi connectivity index (χ0) is 19.4. The topological polar surface area (TPSA) is 63.7 Å². The van der Waals surface area contributed by atoms with Gasteiger partial charge in [0.25, 0.3) is 0 Å². The third-order valence-corrected chi connectivity index (χ3v) is 5.75. The number of carbonyl (C=O) groups excluding carboxylic acids is 1. The summed E-state index contributed by atoms with van der Waals surface area (Å²) in [6.45, 7) is 4.43. The molecule has 0 aromatic heterocycles. The predicted octanol–water partition coefficient (Wildman–Crippen LogP) is 3.28. The van der Waals surface area contributed by atoms with E-state index in [1.165, 1.54) is 5.41 Å². The molecule has 3 rings (SSSR count). The second kappa shape index (κ2) is 7.96. The van der Waals surface area contributed by atoms with E-state index in [1.54, 1.807) is 35.2 Å². The van der Waals surface area contributed by atoms with E-state index in [9.17, 15) is 13.2 Å². The maximum Gasteiger partial charge on any atom is 0.231 e. The van der Waals surface area contributed by atoms with Gasteiger partial charge in [0, 0.05) is 11.1 Å². The van der Waals surface area contributed by atoms with Gasteiger partial charge >= 0.3 is 0 Å². The fourth-order valence-corrected chi connectivity index (χ4v) is 4.46. The normalized spacial score (nSPS) is 17.6. The monoisotopic (exact) mass is 385 g/mol. The second-order valence-electron chi connectivity index (χ2n) is 6.58. The lowest BCUT2D eigenvalue weighted by atomic mass is 10.1. The molecule has 0 radical (unpaired) electrons. The van der Waals surface area contributed by atoms with Crippen molar-refractivity contribution in [2.45, 2.75) is 26.3 Å². The molecule has 1 aliphatic heterocycles. The van der Waals surface area contributed by atoms with E-state index in [-0.39, 0.29) is 18.1 Å². The van der Waals surface area contributed by atoms with E-state index >= 15 is 0 Å². The molecule has 1 atom stereocenters. The van der Waals surface area contributed by atoms with E-state index in [0.29, 0.717) is 18.0 Å². The van der Waals surface area contributed by atoms with Crippen LogP contribution in [0.2, 0.25) is 0 Å². The molecule has 0 spiro atoms. The van der Waals surface area contributed by atoms with E-state index in [2.05, 4.69) is 0 Å². The van der Waals surface area contributed by atoms with Gasteiger partial charge in [-0.2, -0.15) is 0 Å². The molecule has 1 unspecified atom stereocenters. The van der Waals surface area contributed by atoms with Crippen molar-refractivity contribution in [3.05, 3.63) is 71.1 Å². The number of carbonyl (C=O) groups is 1. The molecule has 142 valence electrons. The van der Waals surface area contributed by atoms with Gasteiger partial charge in [0.05, 0.1) is 24.8 Å². The van der Waals surface area contributed by atoms with Gasteiger partial charge in [0.1, 0.15) is 5.75 Å².